The first-order valence-electron chi connectivity index (χ1n) is 6.71. The first kappa shape index (κ1) is 12.9. The summed E-state index contributed by atoms with van der Waals surface area (Å²) in [5.74, 6) is -0.265. The predicted octanol–water partition coefficient (Wildman–Crippen LogP) is -0.349. The lowest BCUT2D eigenvalue weighted by atomic mass is 9.97. The average molecular weight is 275 g/mol. The molecule has 0 radical (unpaired) electrons. The highest BCUT2D eigenvalue weighted by atomic mass is 16.2. The number of carbonyl (C=O) groups is 1. The van der Waals surface area contributed by atoms with Crippen LogP contribution in [-0.2, 0) is 11.5 Å². The van der Waals surface area contributed by atoms with Gasteiger partial charge in [-0.3, -0.25) is 14.1 Å². The summed E-state index contributed by atoms with van der Waals surface area (Å²) in [7, 11) is 0. The molecule has 7 nitrogen and oxygen atoms in total. The number of aromatic nitrogens is 3. The molecule has 1 saturated heterocycles. The van der Waals surface area contributed by atoms with Crippen LogP contribution in [-0.4, -0.2) is 38.1 Å². The highest BCUT2D eigenvalue weighted by Crippen LogP contribution is 2.16. The monoisotopic (exact) mass is 275 g/mol. The van der Waals surface area contributed by atoms with Crippen molar-refractivity contribution in [3.05, 3.63) is 34.9 Å². The van der Waals surface area contributed by atoms with Gasteiger partial charge in [-0.25, -0.2) is 4.79 Å². The van der Waals surface area contributed by atoms with Crippen LogP contribution in [0.2, 0.25) is 0 Å². The minimum absolute atomic E-state index is 0.0379. The van der Waals surface area contributed by atoms with E-state index in [1.807, 2.05) is 6.07 Å². The number of pyridine rings is 1. The number of carbonyl (C=O) groups excluding carboxylic acids is 1. The number of amides is 1. The fourth-order valence-electron chi connectivity index (χ4n) is 2.61. The topological polar surface area (TPSA) is 85.6 Å². The Kier molecular flexibility index (Phi) is 3.27. The summed E-state index contributed by atoms with van der Waals surface area (Å²) < 4.78 is 2.98. The van der Waals surface area contributed by atoms with Gasteiger partial charge in [0.15, 0.2) is 5.65 Å². The Morgan fingerprint density at radius 2 is 2.10 bits per heavy atom. The number of nitrogens with two attached hydrogens (primary N) is 1. The molecule has 1 amide bonds. The first-order valence-corrected chi connectivity index (χ1v) is 6.71. The fourth-order valence-corrected chi connectivity index (χ4v) is 2.61. The molecular weight excluding hydrogens is 258 g/mol. The molecule has 1 aliphatic rings. The fraction of sp³-hybridized carbons (Fsp3) is 0.462. The van der Waals surface area contributed by atoms with Gasteiger partial charge in [0.05, 0.1) is 6.67 Å². The Bertz CT molecular complexity index is 681. The van der Waals surface area contributed by atoms with Crippen LogP contribution in [0.4, 0.5) is 0 Å². The van der Waals surface area contributed by atoms with Crippen LogP contribution in [0.5, 0.6) is 0 Å². The van der Waals surface area contributed by atoms with Crippen molar-refractivity contribution in [3.8, 4) is 0 Å². The highest BCUT2D eigenvalue weighted by molar-refractivity contribution is 5.76. The Balaban J connectivity index is 1.73. The van der Waals surface area contributed by atoms with E-state index in [1.165, 1.54) is 9.08 Å². The highest BCUT2D eigenvalue weighted by Gasteiger charge is 2.23. The van der Waals surface area contributed by atoms with Gasteiger partial charge in [0.1, 0.15) is 0 Å². The lowest BCUT2D eigenvalue weighted by molar-refractivity contribution is -0.123. The van der Waals surface area contributed by atoms with Gasteiger partial charge in [-0.1, -0.05) is 6.07 Å². The van der Waals surface area contributed by atoms with Crippen molar-refractivity contribution in [1.82, 2.24) is 19.1 Å². The van der Waals surface area contributed by atoms with Crippen LogP contribution in [0.25, 0.3) is 5.65 Å². The zero-order valence-electron chi connectivity index (χ0n) is 11.1. The van der Waals surface area contributed by atoms with Gasteiger partial charge in [0.2, 0.25) is 5.91 Å². The Morgan fingerprint density at radius 3 is 2.75 bits per heavy atom. The molecule has 2 aromatic heterocycles. The molecule has 0 aliphatic carbocycles. The van der Waals surface area contributed by atoms with Gasteiger partial charge in [-0.05, 0) is 25.0 Å². The lowest BCUT2D eigenvalue weighted by Gasteiger charge is -2.29. The van der Waals surface area contributed by atoms with E-state index in [9.17, 15) is 9.59 Å². The minimum Gasteiger partial charge on any atom is -0.369 e. The van der Waals surface area contributed by atoms with Crippen LogP contribution >= 0.6 is 0 Å². The second-order valence-corrected chi connectivity index (χ2v) is 5.15. The number of primary amides is 1. The average Bonchev–Trinajstić information content (AvgIpc) is 2.77. The molecule has 0 spiro atoms. The molecule has 3 rings (SSSR count). The summed E-state index contributed by atoms with van der Waals surface area (Å²) in [6, 6.07) is 5.46. The van der Waals surface area contributed by atoms with Gasteiger partial charge in [0, 0.05) is 25.2 Å². The maximum atomic E-state index is 12.1. The number of nitrogens with zero attached hydrogens (tertiary/aromatic N) is 4. The summed E-state index contributed by atoms with van der Waals surface area (Å²) in [5.41, 5.74) is 5.81. The van der Waals surface area contributed by atoms with Crippen molar-refractivity contribution in [2.75, 3.05) is 13.1 Å². The Hall–Kier alpha value is -2.15. The van der Waals surface area contributed by atoms with Crippen molar-refractivity contribution in [2.45, 2.75) is 19.5 Å². The zero-order chi connectivity index (χ0) is 14.1. The number of hydrogen-bond donors (Lipinski definition) is 1. The minimum atomic E-state index is -0.227. The smallest absolute Gasteiger partial charge is 0.351 e. The van der Waals surface area contributed by atoms with E-state index in [-0.39, 0.29) is 17.5 Å². The van der Waals surface area contributed by atoms with E-state index in [0.717, 1.165) is 25.9 Å². The summed E-state index contributed by atoms with van der Waals surface area (Å²) in [6.45, 7) is 1.97. The largest absolute Gasteiger partial charge is 0.369 e. The molecular formula is C13H17N5O2. The maximum Gasteiger partial charge on any atom is 0.351 e. The molecule has 0 saturated carbocycles. The first-order chi connectivity index (χ1) is 9.65. The molecule has 0 bridgehead atoms. The summed E-state index contributed by atoms with van der Waals surface area (Å²) in [4.78, 5) is 25.4. The quantitative estimate of drug-likeness (QED) is 0.829. The third-order valence-corrected chi connectivity index (χ3v) is 3.81. The molecule has 106 valence electrons. The van der Waals surface area contributed by atoms with Crippen molar-refractivity contribution >= 4 is 11.6 Å². The Labute approximate surface area is 115 Å². The van der Waals surface area contributed by atoms with E-state index >= 15 is 0 Å². The molecule has 20 heavy (non-hydrogen) atoms. The van der Waals surface area contributed by atoms with Gasteiger partial charge in [0.25, 0.3) is 0 Å². The summed E-state index contributed by atoms with van der Waals surface area (Å²) >= 11 is 0. The second-order valence-electron chi connectivity index (χ2n) is 5.15. The van der Waals surface area contributed by atoms with E-state index in [1.54, 1.807) is 18.3 Å². The predicted molar refractivity (Wildman–Crippen MR) is 72.9 cm³/mol. The van der Waals surface area contributed by atoms with Crippen LogP contribution < -0.4 is 11.4 Å². The molecule has 7 heteroatoms. The van der Waals surface area contributed by atoms with Crippen molar-refractivity contribution < 1.29 is 4.79 Å². The number of fused-ring (bicyclic) bond motifs is 1. The molecule has 0 unspecified atom stereocenters. The molecule has 0 atom stereocenters. The van der Waals surface area contributed by atoms with Gasteiger partial charge in [-0.2, -0.15) is 4.68 Å². The number of piperidine rings is 1. The van der Waals surface area contributed by atoms with Crippen molar-refractivity contribution in [2.24, 2.45) is 11.7 Å². The van der Waals surface area contributed by atoms with Crippen LogP contribution in [0.15, 0.2) is 29.2 Å². The van der Waals surface area contributed by atoms with Gasteiger partial charge in [-0.15, -0.1) is 5.10 Å². The molecule has 0 aromatic carbocycles. The van der Waals surface area contributed by atoms with E-state index < -0.39 is 0 Å². The SMILES string of the molecule is NC(=O)C1CCN(Cn2nc3ccccn3c2=O)CC1. The van der Waals surface area contributed by atoms with Crippen LogP contribution in [0.1, 0.15) is 12.8 Å². The lowest BCUT2D eigenvalue weighted by Crippen LogP contribution is -2.41. The van der Waals surface area contributed by atoms with Gasteiger partial charge >= 0.3 is 5.69 Å². The second kappa shape index (κ2) is 5.09. The normalized spacial score (nSPS) is 17.6. The van der Waals surface area contributed by atoms with Crippen LogP contribution in [0.3, 0.4) is 0 Å². The van der Waals surface area contributed by atoms with E-state index in [4.69, 9.17) is 5.73 Å². The third kappa shape index (κ3) is 2.32. The van der Waals surface area contributed by atoms with E-state index in [2.05, 4.69) is 10.00 Å². The molecule has 2 N–H and O–H groups in total. The van der Waals surface area contributed by atoms with E-state index in [0.29, 0.717) is 12.3 Å². The maximum absolute atomic E-state index is 12.1. The van der Waals surface area contributed by atoms with Crippen molar-refractivity contribution in [1.29, 1.82) is 0 Å². The molecule has 1 aliphatic heterocycles. The Morgan fingerprint density at radius 1 is 1.35 bits per heavy atom. The summed E-state index contributed by atoms with van der Waals surface area (Å²) in [5, 5.41) is 4.29. The molecule has 2 aromatic rings. The van der Waals surface area contributed by atoms with Crippen molar-refractivity contribution in [3.63, 3.8) is 0 Å². The molecule has 3 heterocycles. The summed E-state index contributed by atoms with van der Waals surface area (Å²) in [6.07, 6.45) is 3.20. The zero-order valence-corrected chi connectivity index (χ0v) is 11.1. The third-order valence-electron chi connectivity index (χ3n) is 3.81. The molecule has 1 fully saturated rings. The van der Waals surface area contributed by atoms with Crippen LogP contribution in [0, 0.1) is 5.92 Å². The standard InChI is InChI=1S/C13H17N5O2/c14-12(19)10-4-7-16(8-5-10)9-18-13(20)17-6-2-1-3-11(17)15-18/h1-3,6,10H,4-5,7-9H2,(H2,14,19). The number of likely N-dealkylation sites (tertiary alicyclic amines) is 1. The number of hydrogen-bond acceptors (Lipinski definition) is 4. The van der Waals surface area contributed by atoms with Gasteiger partial charge < -0.3 is 5.73 Å². The number of rotatable bonds is 3.